The highest BCUT2D eigenvalue weighted by molar-refractivity contribution is 14.1. The van der Waals surface area contributed by atoms with Crippen LogP contribution in [0.5, 0.6) is 0 Å². The normalized spacial score (nSPS) is 14.6. The first-order valence-electron chi connectivity index (χ1n) is 13.8. The molecule has 0 aromatic carbocycles. The standard InChI is InChI=1S/C28H42IN7O3Si/c1-20-31-25(24-22(29)18-36(26(24)32-20)19-38-15-16-40(5,6)7)30-17-21-9-8-10-23(33-21)34-11-13-35(14-12-34)27(37)39-28(2,3)4/h8-10,18H,11-17,19H2,1-7H3,(H,30,31,32). The number of amides is 1. The minimum atomic E-state index is -1.14. The first-order valence-corrected chi connectivity index (χ1v) is 18.6. The minimum Gasteiger partial charge on any atom is -0.444 e. The number of aryl methyl sites for hydroxylation is 1. The quantitative estimate of drug-likeness (QED) is 0.174. The van der Waals surface area contributed by atoms with Crippen LogP contribution in [0.15, 0.2) is 24.4 Å². The SMILES string of the molecule is Cc1nc(NCc2cccc(N3CCN(C(=O)OC(C)(C)C)CC3)n2)c2c(I)cn(COCC[Si](C)(C)C)c2n1. The summed E-state index contributed by atoms with van der Waals surface area (Å²) in [6.45, 7) is 19.1. The van der Waals surface area contributed by atoms with Crippen LogP contribution in [0, 0.1) is 10.5 Å². The molecule has 0 saturated carbocycles. The van der Waals surface area contributed by atoms with E-state index < -0.39 is 13.7 Å². The zero-order valence-electron chi connectivity index (χ0n) is 24.8. The Balaban J connectivity index is 1.40. The fourth-order valence-electron chi connectivity index (χ4n) is 4.38. The molecule has 218 valence electrons. The Kier molecular flexibility index (Phi) is 9.61. The predicted octanol–water partition coefficient (Wildman–Crippen LogP) is 5.72. The molecule has 3 aromatic rings. The molecule has 0 spiro atoms. The fraction of sp³-hybridized carbons (Fsp3) is 0.571. The molecule has 40 heavy (non-hydrogen) atoms. The maximum atomic E-state index is 12.4. The summed E-state index contributed by atoms with van der Waals surface area (Å²) in [5, 5.41) is 4.50. The highest BCUT2D eigenvalue weighted by Crippen LogP contribution is 2.28. The summed E-state index contributed by atoms with van der Waals surface area (Å²) in [7, 11) is -1.14. The van der Waals surface area contributed by atoms with Crippen molar-refractivity contribution in [2.24, 2.45) is 0 Å². The number of halogens is 1. The third kappa shape index (κ3) is 8.29. The second-order valence-electron chi connectivity index (χ2n) is 12.4. The number of aromatic nitrogens is 4. The van der Waals surface area contributed by atoms with Crippen LogP contribution < -0.4 is 10.2 Å². The van der Waals surface area contributed by atoms with Gasteiger partial charge in [0.1, 0.15) is 35.4 Å². The number of carbonyl (C=O) groups excluding carboxylic acids is 1. The highest BCUT2D eigenvalue weighted by Gasteiger charge is 2.26. The molecular formula is C28H42IN7O3Si. The zero-order valence-corrected chi connectivity index (χ0v) is 27.9. The molecule has 1 fully saturated rings. The number of ether oxygens (including phenoxy) is 2. The summed E-state index contributed by atoms with van der Waals surface area (Å²) < 4.78 is 14.7. The molecule has 0 bridgehead atoms. The van der Waals surface area contributed by atoms with Crippen molar-refractivity contribution in [2.75, 3.05) is 43.0 Å². The number of nitrogens with one attached hydrogen (secondary N) is 1. The predicted molar refractivity (Wildman–Crippen MR) is 171 cm³/mol. The van der Waals surface area contributed by atoms with Crippen LogP contribution >= 0.6 is 22.6 Å². The van der Waals surface area contributed by atoms with E-state index in [-0.39, 0.29) is 6.09 Å². The minimum absolute atomic E-state index is 0.258. The monoisotopic (exact) mass is 679 g/mol. The van der Waals surface area contributed by atoms with Crippen molar-refractivity contribution in [1.82, 2.24) is 24.4 Å². The van der Waals surface area contributed by atoms with E-state index in [1.165, 1.54) is 0 Å². The third-order valence-electron chi connectivity index (χ3n) is 6.49. The average molecular weight is 680 g/mol. The molecule has 0 unspecified atom stereocenters. The summed E-state index contributed by atoms with van der Waals surface area (Å²) in [5.74, 6) is 2.41. The van der Waals surface area contributed by atoms with Crippen molar-refractivity contribution in [3.63, 3.8) is 0 Å². The lowest BCUT2D eigenvalue weighted by Gasteiger charge is -2.36. The number of piperazine rings is 1. The maximum Gasteiger partial charge on any atom is 0.410 e. The van der Waals surface area contributed by atoms with Gasteiger partial charge in [-0.2, -0.15) is 0 Å². The highest BCUT2D eigenvalue weighted by atomic mass is 127. The number of hydrogen-bond acceptors (Lipinski definition) is 8. The van der Waals surface area contributed by atoms with Crippen LogP contribution in [0.2, 0.25) is 25.7 Å². The van der Waals surface area contributed by atoms with Crippen molar-refractivity contribution in [3.05, 3.63) is 39.5 Å². The number of rotatable bonds is 9. The van der Waals surface area contributed by atoms with Gasteiger partial charge in [0.2, 0.25) is 0 Å². The van der Waals surface area contributed by atoms with Crippen LogP contribution in [0.25, 0.3) is 11.0 Å². The summed E-state index contributed by atoms with van der Waals surface area (Å²) >= 11 is 2.34. The first kappa shape index (κ1) is 30.5. The van der Waals surface area contributed by atoms with Gasteiger partial charge in [0, 0.05) is 50.6 Å². The van der Waals surface area contributed by atoms with Gasteiger partial charge >= 0.3 is 6.09 Å². The van der Waals surface area contributed by atoms with Gasteiger partial charge in [0.15, 0.2) is 0 Å². The van der Waals surface area contributed by atoms with E-state index in [0.717, 1.165) is 44.6 Å². The van der Waals surface area contributed by atoms with Crippen LogP contribution in [0.3, 0.4) is 0 Å². The third-order valence-corrected chi connectivity index (χ3v) is 9.01. The van der Waals surface area contributed by atoms with Gasteiger partial charge in [-0.25, -0.2) is 19.7 Å². The van der Waals surface area contributed by atoms with Crippen LogP contribution in [-0.4, -0.2) is 77.0 Å². The van der Waals surface area contributed by atoms with Gasteiger partial charge in [-0.15, -0.1) is 0 Å². The van der Waals surface area contributed by atoms with Gasteiger partial charge in [0.05, 0.1) is 17.6 Å². The molecule has 10 nitrogen and oxygen atoms in total. The van der Waals surface area contributed by atoms with Crippen molar-refractivity contribution in [2.45, 2.75) is 72.3 Å². The number of hydrogen-bond donors (Lipinski definition) is 1. The molecule has 1 aliphatic rings. The Labute approximate surface area is 252 Å². The molecule has 4 heterocycles. The van der Waals surface area contributed by atoms with E-state index in [0.29, 0.717) is 45.3 Å². The van der Waals surface area contributed by atoms with E-state index in [1.807, 2.05) is 45.9 Å². The number of fused-ring (bicyclic) bond motifs is 1. The average Bonchev–Trinajstić information content (AvgIpc) is 3.19. The molecule has 1 N–H and O–H groups in total. The molecule has 1 saturated heterocycles. The van der Waals surface area contributed by atoms with E-state index in [4.69, 9.17) is 24.4 Å². The zero-order chi connectivity index (χ0) is 29.1. The molecule has 1 amide bonds. The molecule has 0 radical (unpaired) electrons. The number of carbonyl (C=O) groups is 1. The van der Waals surface area contributed by atoms with Gasteiger partial charge in [0.25, 0.3) is 0 Å². The van der Waals surface area contributed by atoms with Crippen molar-refractivity contribution in [3.8, 4) is 0 Å². The summed E-state index contributed by atoms with van der Waals surface area (Å²) in [5.41, 5.74) is 1.30. The molecule has 0 aliphatic carbocycles. The van der Waals surface area contributed by atoms with Gasteiger partial charge in [-0.3, -0.25) is 0 Å². The summed E-state index contributed by atoms with van der Waals surface area (Å²) in [4.78, 5) is 30.7. The Morgan fingerprint density at radius 1 is 1.10 bits per heavy atom. The van der Waals surface area contributed by atoms with Crippen LogP contribution in [0.1, 0.15) is 32.3 Å². The van der Waals surface area contributed by atoms with E-state index in [9.17, 15) is 4.79 Å². The maximum absolute atomic E-state index is 12.4. The second kappa shape index (κ2) is 12.6. The molecule has 0 atom stereocenters. The molecule has 1 aliphatic heterocycles. The number of nitrogens with zero attached hydrogens (tertiary/aromatic N) is 6. The van der Waals surface area contributed by atoms with Gasteiger partial charge < -0.3 is 29.2 Å². The molecule has 12 heteroatoms. The van der Waals surface area contributed by atoms with Gasteiger partial charge in [-0.1, -0.05) is 25.7 Å². The summed E-state index contributed by atoms with van der Waals surface area (Å²) in [6, 6.07) is 7.19. The lowest BCUT2D eigenvalue weighted by atomic mass is 10.2. The molecule has 4 rings (SSSR count). The van der Waals surface area contributed by atoms with Crippen molar-refractivity contribution < 1.29 is 14.3 Å². The second-order valence-corrected chi connectivity index (χ2v) is 19.2. The summed E-state index contributed by atoms with van der Waals surface area (Å²) in [6.07, 6.45) is 1.82. The Morgan fingerprint density at radius 3 is 2.50 bits per heavy atom. The van der Waals surface area contributed by atoms with E-state index in [1.54, 1.807) is 4.90 Å². The topological polar surface area (TPSA) is 97.6 Å². The molecular weight excluding hydrogens is 637 g/mol. The Morgan fingerprint density at radius 2 is 1.82 bits per heavy atom. The van der Waals surface area contributed by atoms with E-state index >= 15 is 0 Å². The molecule has 3 aromatic heterocycles. The Hall–Kier alpha value is -2.45. The van der Waals surface area contributed by atoms with Crippen LogP contribution in [0.4, 0.5) is 16.4 Å². The van der Waals surface area contributed by atoms with E-state index in [2.05, 4.69) is 63.2 Å². The smallest absolute Gasteiger partial charge is 0.410 e. The fourth-order valence-corrected chi connectivity index (χ4v) is 5.97. The van der Waals surface area contributed by atoms with Gasteiger partial charge in [-0.05, 0) is 68.5 Å². The van der Waals surface area contributed by atoms with Crippen molar-refractivity contribution in [1.29, 1.82) is 0 Å². The van der Waals surface area contributed by atoms with Crippen LogP contribution in [-0.2, 0) is 22.7 Å². The van der Waals surface area contributed by atoms with Crippen molar-refractivity contribution >= 4 is 59.4 Å². The lowest BCUT2D eigenvalue weighted by Crippen LogP contribution is -2.50. The first-order chi connectivity index (χ1) is 18.8. The lowest BCUT2D eigenvalue weighted by molar-refractivity contribution is 0.0240. The largest absolute Gasteiger partial charge is 0.444 e. The number of pyridine rings is 1. The number of anilines is 2. The Bertz CT molecular complexity index is 1330.